The van der Waals surface area contributed by atoms with E-state index in [2.05, 4.69) is 11.6 Å². The molecule has 0 bridgehead atoms. The molecule has 2 aromatic rings. The summed E-state index contributed by atoms with van der Waals surface area (Å²) in [4.78, 5) is 4.16. The van der Waals surface area contributed by atoms with E-state index in [0.29, 0.717) is 0 Å². The minimum atomic E-state index is -3.62. The van der Waals surface area contributed by atoms with E-state index in [-0.39, 0.29) is 9.92 Å². The van der Waals surface area contributed by atoms with Gasteiger partial charge in [0.2, 0.25) is 9.84 Å². The first-order valence-corrected chi connectivity index (χ1v) is 7.58. The van der Waals surface area contributed by atoms with Gasteiger partial charge in [-0.25, -0.2) is 13.4 Å². The van der Waals surface area contributed by atoms with Gasteiger partial charge in [-0.1, -0.05) is 54.6 Å². The van der Waals surface area contributed by atoms with Gasteiger partial charge in [0.25, 0.3) is 0 Å². The van der Waals surface area contributed by atoms with Crippen LogP contribution in [0.3, 0.4) is 0 Å². The van der Waals surface area contributed by atoms with E-state index in [0.717, 1.165) is 11.1 Å². The summed E-state index contributed by atoms with van der Waals surface area (Å²) in [6.07, 6.45) is 1.49. The van der Waals surface area contributed by atoms with E-state index in [4.69, 9.17) is 0 Å². The number of aliphatic imine (C=N–C) groups is 1. The average Bonchev–Trinajstić information content (AvgIpc) is 2.46. The molecule has 4 heteroatoms. The zero-order valence-corrected chi connectivity index (χ0v) is 12.0. The normalized spacial score (nSPS) is 11.7. The summed E-state index contributed by atoms with van der Waals surface area (Å²) < 4.78 is 24.5. The van der Waals surface area contributed by atoms with Crippen molar-refractivity contribution in [2.45, 2.75) is 11.8 Å². The molecule has 0 aliphatic heterocycles. The van der Waals surface area contributed by atoms with Crippen LogP contribution in [0.25, 0.3) is 0 Å². The van der Waals surface area contributed by atoms with Crippen LogP contribution in [0.5, 0.6) is 0 Å². The van der Waals surface area contributed by atoms with Crippen LogP contribution in [-0.4, -0.2) is 14.6 Å². The summed E-state index contributed by atoms with van der Waals surface area (Å²) in [5, 5.41) is -0.162. The highest BCUT2D eigenvalue weighted by atomic mass is 32.2. The van der Waals surface area contributed by atoms with E-state index in [1.807, 2.05) is 37.3 Å². The quantitative estimate of drug-likeness (QED) is 0.809. The molecular weight excluding hydrogens is 270 g/mol. The summed E-state index contributed by atoms with van der Waals surface area (Å²) >= 11 is 0. The molecule has 0 unspecified atom stereocenters. The Kier molecular flexibility index (Phi) is 4.15. The van der Waals surface area contributed by atoms with Crippen LogP contribution in [0.2, 0.25) is 0 Å². The van der Waals surface area contributed by atoms with Crippen molar-refractivity contribution in [3.05, 3.63) is 77.3 Å². The molecule has 0 saturated heterocycles. The van der Waals surface area contributed by atoms with Crippen LogP contribution in [0.15, 0.2) is 76.1 Å². The molecule has 0 amide bonds. The summed E-state index contributed by atoms with van der Waals surface area (Å²) in [6.45, 7) is 5.46. The SMILES string of the molecule is C=C(N=Cc1ccccc1)S(=O)(=O)c1ccc(C)cc1. The Hall–Kier alpha value is -2.20. The van der Waals surface area contributed by atoms with Crippen LogP contribution in [0.1, 0.15) is 11.1 Å². The van der Waals surface area contributed by atoms with Gasteiger partial charge in [0.1, 0.15) is 0 Å². The minimum absolute atomic E-state index is 0.162. The zero-order valence-electron chi connectivity index (χ0n) is 11.2. The third-order valence-corrected chi connectivity index (χ3v) is 4.42. The maximum Gasteiger partial charge on any atom is 0.223 e. The minimum Gasteiger partial charge on any atom is -0.244 e. The largest absolute Gasteiger partial charge is 0.244 e. The second-order valence-corrected chi connectivity index (χ2v) is 6.33. The fourth-order valence-corrected chi connectivity index (χ4v) is 2.57. The van der Waals surface area contributed by atoms with E-state index in [1.54, 1.807) is 24.3 Å². The van der Waals surface area contributed by atoms with Gasteiger partial charge < -0.3 is 0 Å². The molecule has 0 radical (unpaired) electrons. The number of benzene rings is 2. The van der Waals surface area contributed by atoms with Crippen molar-refractivity contribution in [1.29, 1.82) is 0 Å². The van der Waals surface area contributed by atoms with E-state index in [9.17, 15) is 8.42 Å². The van der Waals surface area contributed by atoms with Crippen molar-refractivity contribution in [3.63, 3.8) is 0 Å². The summed E-state index contributed by atoms with van der Waals surface area (Å²) in [7, 11) is -3.62. The van der Waals surface area contributed by atoms with Crippen molar-refractivity contribution in [3.8, 4) is 0 Å². The Bertz CT molecular complexity index is 730. The summed E-state index contributed by atoms with van der Waals surface area (Å²) in [5.41, 5.74) is 1.83. The lowest BCUT2D eigenvalue weighted by atomic mass is 10.2. The molecule has 3 nitrogen and oxygen atoms in total. The molecule has 102 valence electrons. The summed E-state index contributed by atoms with van der Waals surface area (Å²) in [5.74, 6) is 0. The number of nitrogens with zero attached hydrogens (tertiary/aromatic N) is 1. The van der Waals surface area contributed by atoms with Crippen molar-refractivity contribution >= 4 is 16.1 Å². The van der Waals surface area contributed by atoms with Gasteiger partial charge >= 0.3 is 0 Å². The molecule has 0 aliphatic carbocycles. The monoisotopic (exact) mass is 285 g/mol. The second kappa shape index (κ2) is 5.84. The molecule has 0 aliphatic rings. The number of hydrogen-bond donors (Lipinski definition) is 0. The maximum absolute atomic E-state index is 12.3. The van der Waals surface area contributed by atoms with Crippen molar-refractivity contribution < 1.29 is 8.42 Å². The van der Waals surface area contributed by atoms with Gasteiger partial charge in [0.15, 0.2) is 5.03 Å². The highest BCUT2D eigenvalue weighted by Gasteiger charge is 2.17. The summed E-state index contributed by atoms with van der Waals surface area (Å²) in [6, 6.07) is 15.9. The van der Waals surface area contributed by atoms with E-state index in [1.165, 1.54) is 6.21 Å². The predicted octanol–water partition coefficient (Wildman–Crippen LogP) is 3.36. The maximum atomic E-state index is 12.3. The first-order chi connectivity index (χ1) is 9.50. The molecule has 0 aromatic heterocycles. The smallest absolute Gasteiger partial charge is 0.223 e. The molecule has 0 fully saturated rings. The molecule has 0 N–H and O–H groups in total. The Morgan fingerprint density at radius 1 is 1.05 bits per heavy atom. The molecular formula is C16H15NO2S. The van der Waals surface area contributed by atoms with E-state index >= 15 is 0 Å². The molecule has 20 heavy (non-hydrogen) atoms. The fourth-order valence-electron chi connectivity index (χ4n) is 1.61. The molecule has 0 spiro atoms. The van der Waals surface area contributed by atoms with Gasteiger partial charge in [-0.2, -0.15) is 0 Å². The standard InChI is InChI=1S/C16H15NO2S/c1-13-8-10-16(11-9-13)20(18,19)14(2)17-12-15-6-4-3-5-7-15/h3-12H,2H2,1H3. The van der Waals surface area contributed by atoms with Gasteiger partial charge in [-0.3, -0.25) is 0 Å². The number of sulfone groups is 1. The number of rotatable bonds is 4. The van der Waals surface area contributed by atoms with Crippen molar-refractivity contribution in [2.24, 2.45) is 4.99 Å². The fraction of sp³-hybridized carbons (Fsp3) is 0.0625. The molecule has 2 rings (SSSR count). The highest BCUT2D eigenvalue weighted by Crippen LogP contribution is 2.19. The van der Waals surface area contributed by atoms with Crippen molar-refractivity contribution in [1.82, 2.24) is 0 Å². The molecule has 2 aromatic carbocycles. The average molecular weight is 285 g/mol. The first kappa shape index (κ1) is 14.2. The van der Waals surface area contributed by atoms with Crippen LogP contribution in [0, 0.1) is 6.92 Å². The number of hydrogen-bond acceptors (Lipinski definition) is 3. The third kappa shape index (κ3) is 3.22. The Morgan fingerprint density at radius 3 is 2.25 bits per heavy atom. The van der Waals surface area contributed by atoms with Crippen LogP contribution >= 0.6 is 0 Å². The van der Waals surface area contributed by atoms with Crippen LogP contribution < -0.4 is 0 Å². The topological polar surface area (TPSA) is 46.5 Å². The lowest BCUT2D eigenvalue weighted by Crippen LogP contribution is -2.02. The van der Waals surface area contributed by atoms with Crippen molar-refractivity contribution in [2.75, 3.05) is 0 Å². The number of aryl methyl sites for hydroxylation is 1. The predicted molar refractivity (Wildman–Crippen MR) is 81.5 cm³/mol. The van der Waals surface area contributed by atoms with Crippen LogP contribution in [0.4, 0.5) is 0 Å². The lowest BCUT2D eigenvalue weighted by Gasteiger charge is -2.03. The molecule has 0 saturated carbocycles. The Morgan fingerprint density at radius 2 is 1.65 bits per heavy atom. The molecule has 0 heterocycles. The van der Waals surface area contributed by atoms with Gasteiger partial charge in [0, 0.05) is 6.21 Å². The highest BCUT2D eigenvalue weighted by molar-refractivity contribution is 7.95. The lowest BCUT2D eigenvalue weighted by molar-refractivity contribution is 0.601. The first-order valence-electron chi connectivity index (χ1n) is 6.10. The third-order valence-electron chi connectivity index (χ3n) is 2.80. The molecule has 0 atom stereocenters. The Labute approximate surface area is 119 Å². The Balaban J connectivity index is 2.24. The van der Waals surface area contributed by atoms with Gasteiger partial charge in [-0.05, 0) is 24.6 Å². The van der Waals surface area contributed by atoms with Gasteiger partial charge in [-0.15, -0.1) is 0 Å². The van der Waals surface area contributed by atoms with E-state index < -0.39 is 9.84 Å². The second-order valence-electron chi connectivity index (χ2n) is 4.38. The zero-order chi connectivity index (χ0) is 14.6. The van der Waals surface area contributed by atoms with Crippen LogP contribution in [-0.2, 0) is 9.84 Å². The van der Waals surface area contributed by atoms with Gasteiger partial charge in [0.05, 0.1) is 4.90 Å².